The summed E-state index contributed by atoms with van der Waals surface area (Å²) in [6, 6.07) is 19.4. The van der Waals surface area contributed by atoms with Crippen LogP contribution < -0.4 is 9.47 Å². The molecular formula is C23H19N3O3. The van der Waals surface area contributed by atoms with Crippen molar-refractivity contribution in [3.05, 3.63) is 71.9 Å². The number of nitrogens with one attached hydrogen (secondary N) is 1. The molecule has 1 aliphatic rings. The molecular weight excluding hydrogens is 366 g/mol. The zero-order chi connectivity index (χ0) is 19.8. The molecule has 0 aliphatic carbocycles. The summed E-state index contributed by atoms with van der Waals surface area (Å²) in [5.74, 6) is 2.18. The summed E-state index contributed by atoms with van der Waals surface area (Å²) in [4.78, 5) is 13.0. The van der Waals surface area contributed by atoms with E-state index in [1.54, 1.807) is 0 Å². The number of pyridine rings is 1. The number of ether oxygens (including phenoxy) is 2. The van der Waals surface area contributed by atoms with Crippen LogP contribution in [0, 0.1) is 6.92 Å². The quantitative estimate of drug-likeness (QED) is 0.546. The van der Waals surface area contributed by atoms with E-state index in [2.05, 4.69) is 9.97 Å². The Morgan fingerprint density at radius 3 is 2.52 bits per heavy atom. The number of hydrogen-bond acceptors (Lipinski definition) is 5. The van der Waals surface area contributed by atoms with E-state index in [9.17, 15) is 5.11 Å². The highest BCUT2D eigenvalue weighted by molar-refractivity contribution is 5.81. The highest BCUT2D eigenvalue weighted by Crippen LogP contribution is 2.39. The summed E-state index contributed by atoms with van der Waals surface area (Å²) in [5.41, 5.74) is 6.10. The molecule has 0 radical (unpaired) electrons. The molecule has 0 spiro atoms. The number of benzene rings is 2. The fourth-order valence-electron chi connectivity index (χ4n) is 3.40. The summed E-state index contributed by atoms with van der Waals surface area (Å²) in [7, 11) is 0. The summed E-state index contributed by atoms with van der Waals surface area (Å²) in [5, 5.41) is 9.29. The molecule has 0 unspecified atom stereocenters. The number of aryl methyl sites for hydroxylation is 1. The van der Waals surface area contributed by atoms with Gasteiger partial charge in [0.05, 0.1) is 23.7 Å². The predicted octanol–water partition coefficient (Wildman–Crippen LogP) is 4.34. The molecule has 3 heterocycles. The lowest BCUT2D eigenvalue weighted by molar-refractivity contribution is 0.174. The Morgan fingerprint density at radius 2 is 1.72 bits per heavy atom. The van der Waals surface area contributed by atoms with Crippen LogP contribution in [0.25, 0.3) is 34.0 Å². The zero-order valence-electron chi connectivity index (χ0n) is 15.8. The zero-order valence-corrected chi connectivity index (χ0v) is 15.8. The molecule has 0 amide bonds. The molecule has 4 aromatic rings. The van der Waals surface area contributed by atoms with Gasteiger partial charge in [0.25, 0.3) is 0 Å². The first kappa shape index (κ1) is 17.5. The number of fused-ring (bicyclic) bond motifs is 1. The maximum absolute atomic E-state index is 9.29. The fourth-order valence-corrected chi connectivity index (χ4v) is 3.40. The van der Waals surface area contributed by atoms with Crippen molar-refractivity contribution in [3.63, 3.8) is 0 Å². The standard InChI is InChI=1S/C23H19N3O3/c1-14-3-2-4-18(24-14)22-21(17-9-10-19-20(11-17)29-13-28-19)25-23(26-22)16-7-5-15(12-27)6-8-16/h2-11,27H,12-13H2,1H3,(H,25,26). The minimum atomic E-state index is 0.0132. The molecule has 0 saturated heterocycles. The summed E-state index contributed by atoms with van der Waals surface area (Å²) in [6.07, 6.45) is 0. The fraction of sp³-hybridized carbons (Fsp3) is 0.130. The Morgan fingerprint density at radius 1 is 0.931 bits per heavy atom. The van der Waals surface area contributed by atoms with Crippen molar-refractivity contribution in [3.8, 4) is 45.5 Å². The van der Waals surface area contributed by atoms with Crippen molar-refractivity contribution in [1.29, 1.82) is 0 Å². The predicted molar refractivity (Wildman–Crippen MR) is 109 cm³/mol. The lowest BCUT2D eigenvalue weighted by Crippen LogP contribution is -1.92. The van der Waals surface area contributed by atoms with Crippen LogP contribution in [0.15, 0.2) is 60.7 Å². The van der Waals surface area contributed by atoms with Crippen LogP contribution in [0.3, 0.4) is 0 Å². The normalized spacial score (nSPS) is 12.3. The van der Waals surface area contributed by atoms with Crippen LogP contribution in [-0.2, 0) is 6.61 Å². The Balaban J connectivity index is 1.66. The van der Waals surface area contributed by atoms with Crippen LogP contribution in [0.2, 0.25) is 0 Å². The molecule has 0 fully saturated rings. The molecule has 2 N–H and O–H groups in total. The topological polar surface area (TPSA) is 80.3 Å². The van der Waals surface area contributed by atoms with E-state index in [0.29, 0.717) is 5.75 Å². The number of aliphatic hydroxyl groups is 1. The van der Waals surface area contributed by atoms with Crippen molar-refractivity contribution in [2.45, 2.75) is 13.5 Å². The second-order valence-electron chi connectivity index (χ2n) is 6.90. The van der Waals surface area contributed by atoms with Gasteiger partial charge >= 0.3 is 0 Å². The molecule has 6 heteroatoms. The minimum Gasteiger partial charge on any atom is -0.454 e. The molecule has 29 heavy (non-hydrogen) atoms. The van der Waals surface area contributed by atoms with Crippen molar-refractivity contribution in [2.24, 2.45) is 0 Å². The average molecular weight is 385 g/mol. The third-order valence-corrected chi connectivity index (χ3v) is 4.90. The summed E-state index contributed by atoms with van der Waals surface area (Å²) >= 11 is 0. The first-order valence-corrected chi connectivity index (χ1v) is 9.35. The van der Waals surface area contributed by atoms with Gasteiger partial charge in [-0.2, -0.15) is 0 Å². The van der Waals surface area contributed by atoms with Crippen LogP contribution in [0.5, 0.6) is 11.5 Å². The van der Waals surface area contributed by atoms with Gasteiger partial charge in [-0.15, -0.1) is 0 Å². The van der Waals surface area contributed by atoms with Crippen molar-refractivity contribution < 1.29 is 14.6 Å². The van der Waals surface area contributed by atoms with Crippen LogP contribution >= 0.6 is 0 Å². The van der Waals surface area contributed by atoms with Gasteiger partial charge in [0.2, 0.25) is 6.79 Å². The van der Waals surface area contributed by atoms with Gasteiger partial charge < -0.3 is 19.6 Å². The largest absolute Gasteiger partial charge is 0.454 e. The van der Waals surface area contributed by atoms with E-state index in [-0.39, 0.29) is 13.4 Å². The SMILES string of the molecule is Cc1cccc(-c2[nH]c(-c3ccc(CO)cc3)nc2-c2ccc3c(c2)OCO3)n1. The molecule has 2 aromatic heterocycles. The van der Waals surface area contributed by atoms with E-state index in [1.807, 2.05) is 67.6 Å². The lowest BCUT2D eigenvalue weighted by atomic mass is 10.1. The Bertz CT molecular complexity index is 1180. The Kier molecular flexibility index (Phi) is 4.26. The molecule has 6 nitrogen and oxygen atoms in total. The van der Waals surface area contributed by atoms with Gasteiger partial charge in [-0.05, 0) is 42.8 Å². The lowest BCUT2D eigenvalue weighted by Gasteiger charge is -2.04. The number of rotatable bonds is 4. The van der Waals surface area contributed by atoms with E-state index < -0.39 is 0 Å². The molecule has 0 atom stereocenters. The van der Waals surface area contributed by atoms with Gasteiger partial charge in [-0.25, -0.2) is 4.98 Å². The number of imidazole rings is 1. The van der Waals surface area contributed by atoms with Crippen LogP contribution in [0.4, 0.5) is 0 Å². The second kappa shape index (κ2) is 7.07. The van der Waals surface area contributed by atoms with Gasteiger partial charge in [-0.1, -0.05) is 30.3 Å². The van der Waals surface area contributed by atoms with E-state index >= 15 is 0 Å². The molecule has 144 valence electrons. The monoisotopic (exact) mass is 385 g/mol. The first-order chi connectivity index (χ1) is 14.2. The van der Waals surface area contributed by atoms with E-state index in [1.165, 1.54) is 0 Å². The third kappa shape index (κ3) is 3.23. The maximum Gasteiger partial charge on any atom is 0.231 e. The summed E-state index contributed by atoms with van der Waals surface area (Å²) < 4.78 is 11.0. The van der Waals surface area contributed by atoms with Crippen LogP contribution in [0.1, 0.15) is 11.3 Å². The average Bonchev–Trinajstić information content (AvgIpc) is 3.40. The third-order valence-electron chi connectivity index (χ3n) is 4.90. The number of aliphatic hydroxyl groups excluding tert-OH is 1. The Labute approximate surface area is 167 Å². The van der Waals surface area contributed by atoms with Crippen molar-refractivity contribution >= 4 is 0 Å². The second-order valence-corrected chi connectivity index (χ2v) is 6.90. The maximum atomic E-state index is 9.29. The van der Waals surface area contributed by atoms with Gasteiger partial charge in [0.1, 0.15) is 5.82 Å². The number of nitrogens with zero attached hydrogens (tertiary/aromatic N) is 2. The number of aromatic amines is 1. The van der Waals surface area contributed by atoms with E-state index in [0.717, 1.165) is 51.0 Å². The summed E-state index contributed by atoms with van der Waals surface area (Å²) in [6.45, 7) is 2.21. The molecule has 0 saturated carbocycles. The highest BCUT2D eigenvalue weighted by Gasteiger charge is 2.20. The molecule has 1 aliphatic heterocycles. The Hall–Kier alpha value is -3.64. The molecule has 2 aromatic carbocycles. The number of hydrogen-bond donors (Lipinski definition) is 2. The van der Waals surface area contributed by atoms with Crippen molar-refractivity contribution in [2.75, 3.05) is 6.79 Å². The highest BCUT2D eigenvalue weighted by atomic mass is 16.7. The smallest absolute Gasteiger partial charge is 0.231 e. The van der Waals surface area contributed by atoms with Crippen LogP contribution in [-0.4, -0.2) is 26.9 Å². The van der Waals surface area contributed by atoms with Gasteiger partial charge in [0.15, 0.2) is 11.5 Å². The number of aromatic nitrogens is 3. The van der Waals surface area contributed by atoms with Gasteiger partial charge in [-0.3, -0.25) is 4.98 Å². The molecule has 0 bridgehead atoms. The van der Waals surface area contributed by atoms with E-state index in [4.69, 9.17) is 14.5 Å². The molecule has 5 rings (SSSR count). The van der Waals surface area contributed by atoms with Crippen molar-refractivity contribution in [1.82, 2.24) is 15.0 Å². The van der Waals surface area contributed by atoms with Gasteiger partial charge in [0, 0.05) is 16.8 Å². The minimum absolute atomic E-state index is 0.0132. The first-order valence-electron chi connectivity index (χ1n) is 9.35. The number of H-pyrrole nitrogens is 1.